The topological polar surface area (TPSA) is 0 Å². The molecule has 0 aromatic heterocycles. The summed E-state index contributed by atoms with van der Waals surface area (Å²) in [5.74, 6) is 5.10. The number of benzene rings is 2. The summed E-state index contributed by atoms with van der Waals surface area (Å²) in [5, 5.41) is 1.64. The SMILES string of the molecule is CC1C(C)C(C)C(S(c2ccccc2)(c2ccccc2)C2CCC3CCCCC32)C1C. The normalized spacial score (nSPS) is 38.7. The van der Waals surface area contributed by atoms with Gasteiger partial charge < -0.3 is 0 Å². The Morgan fingerprint density at radius 2 is 1.10 bits per heavy atom. The van der Waals surface area contributed by atoms with Crippen LogP contribution in [0.25, 0.3) is 0 Å². The van der Waals surface area contributed by atoms with E-state index in [1.807, 2.05) is 0 Å². The lowest BCUT2D eigenvalue weighted by atomic mass is 9.82. The van der Waals surface area contributed by atoms with Crippen molar-refractivity contribution in [3.05, 3.63) is 60.7 Å². The van der Waals surface area contributed by atoms with E-state index in [1.54, 1.807) is 9.79 Å². The fourth-order valence-corrected chi connectivity index (χ4v) is 14.6. The molecule has 0 saturated heterocycles. The van der Waals surface area contributed by atoms with Crippen LogP contribution in [0.5, 0.6) is 0 Å². The average molecular weight is 435 g/mol. The zero-order valence-electron chi connectivity index (χ0n) is 20.0. The van der Waals surface area contributed by atoms with Crippen LogP contribution < -0.4 is 0 Å². The van der Waals surface area contributed by atoms with Crippen LogP contribution in [0.4, 0.5) is 0 Å². The Kier molecular flexibility index (Phi) is 6.01. The van der Waals surface area contributed by atoms with Crippen molar-refractivity contribution in [3.8, 4) is 0 Å². The summed E-state index contributed by atoms with van der Waals surface area (Å²) in [4.78, 5) is 3.37. The third-order valence-corrected chi connectivity index (χ3v) is 15.3. The lowest BCUT2D eigenvalue weighted by Crippen LogP contribution is -2.38. The molecule has 7 unspecified atom stereocenters. The fourth-order valence-electron chi connectivity index (χ4n) is 8.14. The number of hydrogen-bond donors (Lipinski definition) is 0. The van der Waals surface area contributed by atoms with Gasteiger partial charge in [0.25, 0.3) is 0 Å². The molecular weight excluding hydrogens is 392 g/mol. The van der Waals surface area contributed by atoms with Crippen LogP contribution in [0.15, 0.2) is 70.5 Å². The Morgan fingerprint density at radius 3 is 1.65 bits per heavy atom. The van der Waals surface area contributed by atoms with Gasteiger partial charge in [-0.05, 0) is 88.8 Å². The molecule has 0 spiro atoms. The summed E-state index contributed by atoms with van der Waals surface area (Å²) in [6.07, 6.45) is 8.82. The maximum absolute atomic E-state index is 2.61. The summed E-state index contributed by atoms with van der Waals surface area (Å²) in [5.41, 5.74) is 0. The second-order valence-electron chi connectivity index (χ2n) is 11.1. The molecule has 0 heterocycles. The van der Waals surface area contributed by atoms with Gasteiger partial charge in [0.15, 0.2) is 0 Å². The van der Waals surface area contributed by atoms with Crippen LogP contribution >= 0.6 is 10.0 Å². The molecule has 0 radical (unpaired) electrons. The third kappa shape index (κ3) is 3.33. The molecule has 3 fully saturated rings. The predicted molar refractivity (Wildman–Crippen MR) is 136 cm³/mol. The van der Waals surface area contributed by atoms with Crippen molar-refractivity contribution in [1.29, 1.82) is 0 Å². The smallest absolute Gasteiger partial charge is 0.00258 e. The van der Waals surface area contributed by atoms with E-state index in [9.17, 15) is 0 Å². The minimum atomic E-state index is -1.15. The van der Waals surface area contributed by atoms with Gasteiger partial charge in [0, 0.05) is 10.5 Å². The first kappa shape index (κ1) is 21.6. The van der Waals surface area contributed by atoms with Crippen molar-refractivity contribution in [1.82, 2.24) is 0 Å². The molecule has 0 N–H and O–H groups in total. The number of rotatable bonds is 4. The van der Waals surface area contributed by atoms with E-state index in [0.29, 0.717) is 0 Å². The van der Waals surface area contributed by atoms with Gasteiger partial charge in [-0.1, -0.05) is 83.4 Å². The predicted octanol–water partition coefficient (Wildman–Crippen LogP) is 8.80. The second-order valence-corrected chi connectivity index (χ2v) is 14.6. The zero-order chi connectivity index (χ0) is 21.6. The quantitative estimate of drug-likeness (QED) is 0.451. The highest BCUT2D eigenvalue weighted by atomic mass is 32.3. The first-order valence-corrected chi connectivity index (χ1v) is 14.7. The molecule has 7 atom stereocenters. The van der Waals surface area contributed by atoms with Crippen molar-refractivity contribution >= 4 is 10.0 Å². The molecule has 2 aromatic rings. The molecule has 2 aromatic carbocycles. The summed E-state index contributed by atoms with van der Waals surface area (Å²) in [6.45, 7) is 10.3. The molecule has 5 rings (SSSR count). The Labute approximate surface area is 192 Å². The Balaban J connectivity index is 1.77. The molecule has 0 bridgehead atoms. The highest BCUT2D eigenvalue weighted by Gasteiger charge is 2.57. The van der Waals surface area contributed by atoms with Crippen LogP contribution in [-0.2, 0) is 0 Å². The Morgan fingerprint density at radius 1 is 0.581 bits per heavy atom. The van der Waals surface area contributed by atoms with E-state index >= 15 is 0 Å². The second kappa shape index (κ2) is 8.62. The maximum atomic E-state index is 2.61. The molecule has 0 nitrogen and oxygen atoms in total. The van der Waals surface area contributed by atoms with E-state index in [1.165, 1.54) is 38.5 Å². The Bertz CT molecular complexity index is 805. The number of fused-ring (bicyclic) bond motifs is 1. The first-order valence-electron chi connectivity index (χ1n) is 13.0. The standard InChI is InChI=1S/C30H42S/c1-21-22(2)24(4)30(23(21)3)31(26-14-7-5-8-15-26,27-16-9-6-10-17-27)29-20-19-25-13-11-12-18-28(25)29/h5-10,14-17,21-25,28-30H,11-13,18-20H2,1-4H3. The van der Waals surface area contributed by atoms with Gasteiger partial charge in [0.1, 0.15) is 0 Å². The lowest BCUT2D eigenvalue weighted by molar-refractivity contribution is 0.279. The van der Waals surface area contributed by atoms with Crippen LogP contribution in [0, 0.1) is 35.5 Å². The number of hydrogen-bond acceptors (Lipinski definition) is 0. The van der Waals surface area contributed by atoms with Crippen molar-refractivity contribution in [2.24, 2.45) is 35.5 Å². The maximum Gasteiger partial charge on any atom is 0.00258 e. The van der Waals surface area contributed by atoms with Gasteiger partial charge in [-0.3, -0.25) is 0 Å². The molecular formula is C30H42S. The fraction of sp³-hybridized carbons (Fsp3) is 0.600. The lowest BCUT2D eigenvalue weighted by Gasteiger charge is -2.56. The van der Waals surface area contributed by atoms with Crippen molar-refractivity contribution in [3.63, 3.8) is 0 Å². The minimum absolute atomic E-state index is 0.781. The summed E-state index contributed by atoms with van der Waals surface area (Å²) >= 11 is 0. The molecule has 3 aliphatic rings. The molecule has 0 amide bonds. The molecule has 1 heteroatoms. The molecule has 168 valence electrons. The summed E-state index contributed by atoms with van der Waals surface area (Å²) in [6, 6.07) is 23.8. The van der Waals surface area contributed by atoms with E-state index in [4.69, 9.17) is 0 Å². The van der Waals surface area contributed by atoms with Gasteiger partial charge in [-0.15, -0.1) is 0 Å². The van der Waals surface area contributed by atoms with Gasteiger partial charge in [-0.25, -0.2) is 0 Å². The molecule has 0 aliphatic heterocycles. The van der Waals surface area contributed by atoms with E-state index < -0.39 is 10.0 Å². The monoisotopic (exact) mass is 434 g/mol. The highest BCUT2D eigenvalue weighted by molar-refractivity contribution is 8.34. The highest BCUT2D eigenvalue weighted by Crippen LogP contribution is 2.78. The van der Waals surface area contributed by atoms with E-state index in [-0.39, 0.29) is 0 Å². The van der Waals surface area contributed by atoms with Crippen molar-refractivity contribution < 1.29 is 0 Å². The van der Waals surface area contributed by atoms with Gasteiger partial charge in [0.05, 0.1) is 0 Å². The van der Waals surface area contributed by atoms with Crippen molar-refractivity contribution in [2.75, 3.05) is 0 Å². The van der Waals surface area contributed by atoms with Crippen molar-refractivity contribution in [2.45, 2.75) is 86.5 Å². The molecule has 31 heavy (non-hydrogen) atoms. The molecule has 3 saturated carbocycles. The van der Waals surface area contributed by atoms with Gasteiger partial charge >= 0.3 is 0 Å². The van der Waals surface area contributed by atoms with Crippen LogP contribution in [0.2, 0.25) is 0 Å². The van der Waals surface area contributed by atoms with Crippen LogP contribution in [-0.4, -0.2) is 10.5 Å². The van der Waals surface area contributed by atoms with Gasteiger partial charge in [-0.2, -0.15) is 10.0 Å². The molecule has 3 aliphatic carbocycles. The summed E-state index contributed by atoms with van der Waals surface area (Å²) in [7, 11) is -1.15. The largest absolute Gasteiger partial charge is 0.181 e. The van der Waals surface area contributed by atoms with Crippen LogP contribution in [0.1, 0.15) is 66.2 Å². The average Bonchev–Trinajstić information content (AvgIpc) is 3.33. The Hall–Kier alpha value is -1.21. The van der Waals surface area contributed by atoms with E-state index in [2.05, 4.69) is 88.4 Å². The van der Waals surface area contributed by atoms with Crippen LogP contribution in [0.3, 0.4) is 0 Å². The minimum Gasteiger partial charge on any atom is -0.181 e. The summed E-state index contributed by atoms with van der Waals surface area (Å²) < 4.78 is 0. The third-order valence-electron chi connectivity index (χ3n) is 9.97. The van der Waals surface area contributed by atoms with E-state index in [0.717, 1.165) is 46.0 Å². The van der Waals surface area contributed by atoms with Gasteiger partial charge in [0.2, 0.25) is 0 Å². The first-order chi connectivity index (χ1) is 15.1. The zero-order valence-corrected chi connectivity index (χ0v) is 20.9.